The zero-order chi connectivity index (χ0) is 17.3. The molecule has 9 heteroatoms. The molecular weight excluding hydrogens is 332 g/mol. The molecule has 2 heterocycles. The summed E-state index contributed by atoms with van der Waals surface area (Å²) >= 11 is 0. The maximum absolute atomic E-state index is 12.6. The van der Waals surface area contributed by atoms with E-state index < -0.39 is 15.9 Å². The second-order valence-electron chi connectivity index (χ2n) is 5.49. The van der Waals surface area contributed by atoms with E-state index >= 15 is 0 Å². The third kappa shape index (κ3) is 3.09. The molecule has 1 amide bonds. The van der Waals surface area contributed by atoms with Gasteiger partial charge in [0, 0.05) is 32.4 Å². The van der Waals surface area contributed by atoms with Crippen molar-refractivity contribution in [1.82, 2.24) is 19.3 Å². The molecule has 126 valence electrons. The van der Waals surface area contributed by atoms with Crippen LogP contribution < -0.4 is 5.48 Å². The molecule has 1 aliphatic rings. The Hall–Kier alpha value is -2.49. The second-order valence-corrected chi connectivity index (χ2v) is 7.37. The quantitative estimate of drug-likeness (QED) is 0.479. The first kappa shape index (κ1) is 16.4. The van der Waals surface area contributed by atoms with Crippen molar-refractivity contribution in [2.75, 3.05) is 0 Å². The molecule has 1 aromatic heterocycles. The van der Waals surface area contributed by atoms with Gasteiger partial charge in [-0.15, -0.1) is 0 Å². The molecule has 24 heavy (non-hydrogen) atoms. The number of fused-ring (bicyclic) bond motifs is 1. The second kappa shape index (κ2) is 6.19. The summed E-state index contributed by atoms with van der Waals surface area (Å²) in [6.45, 7) is 0.539. The fourth-order valence-electron chi connectivity index (χ4n) is 2.52. The van der Waals surface area contributed by atoms with E-state index in [9.17, 15) is 13.2 Å². The van der Waals surface area contributed by atoms with Crippen LogP contribution in [0.4, 0.5) is 0 Å². The van der Waals surface area contributed by atoms with Crippen LogP contribution in [0.1, 0.15) is 16.7 Å². The smallest absolute Gasteiger partial charge is 0.267 e. The maximum atomic E-state index is 12.6. The predicted octanol–water partition coefficient (Wildman–Crippen LogP) is 0.643. The number of hydroxylamine groups is 1. The van der Waals surface area contributed by atoms with Crippen LogP contribution in [0.3, 0.4) is 0 Å². The Morgan fingerprint density at radius 1 is 1.33 bits per heavy atom. The van der Waals surface area contributed by atoms with E-state index in [2.05, 4.69) is 4.98 Å². The summed E-state index contributed by atoms with van der Waals surface area (Å²) in [4.78, 5) is 14.9. The number of hydrogen-bond donors (Lipinski definition) is 2. The van der Waals surface area contributed by atoms with E-state index in [0.29, 0.717) is 0 Å². The van der Waals surface area contributed by atoms with Gasteiger partial charge >= 0.3 is 0 Å². The molecule has 0 saturated heterocycles. The van der Waals surface area contributed by atoms with Gasteiger partial charge in [-0.3, -0.25) is 10.0 Å². The molecule has 8 nitrogen and oxygen atoms in total. The highest BCUT2D eigenvalue weighted by Crippen LogP contribution is 2.29. The Morgan fingerprint density at radius 2 is 2.08 bits per heavy atom. The van der Waals surface area contributed by atoms with Gasteiger partial charge in [0.1, 0.15) is 0 Å². The van der Waals surface area contributed by atoms with Gasteiger partial charge < -0.3 is 4.57 Å². The van der Waals surface area contributed by atoms with Crippen molar-refractivity contribution in [2.45, 2.75) is 18.1 Å². The number of aromatic nitrogens is 2. The van der Waals surface area contributed by atoms with Crippen LogP contribution in [0.5, 0.6) is 0 Å². The molecule has 0 spiro atoms. The molecule has 3 rings (SSSR count). The lowest BCUT2D eigenvalue weighted by Crippen LogP contribution is -2.25. The van der Waals surface area contributed by atoms with Crippen LogP contribution in [0, 0.1) is 0 Å². The summed E-state index contributed by atoms with van der Waals surface area (Å²) in [7, 11) is -1.93. The van der Waals surface area contributed by atoms with Crippen molar-refractivity contribution in [2.24, 2.45) is 7.05 Å². The van der Waals surface area contributed by atoms with Gasteiger partial charge in [-0.25, -0.2) is 18.9 Å². The normalized spacial score (nSPS) is 14.9. The SMILES string of the molecule is Cn1cnc(S(=O)(=O)N2Cc3ccc(C=CC(=O)NO)cc3C2)c1. The molecule has 2 aromatic rings. The standard InChI is InChI=1S/C15H16N4O4S/c1-18-9-15(16-10-18)24(22,23)19-7-12-4-2-11(6-13(12)8-19)3-5-14(20)17-21/h2-6,9-10,21H,7-8H2,1H3,(H,17,20). The van der Waals surface area contributed by atoms with E-state index in [1.807, 2.05) is 12.1 Å². The number of nitrogens with one attached hydrogen (secondary N) is 1. The first-order valence-corrected chi connectivity index (χ1v) is 8.56. The lowest BCUT2D eigenvalue weighted by atomic mass is 10.1. The van der Waals surface area contributed by atoms with Gasteiger partial charge in [0.25, 0.3) is 15.9 Å². The Labute approximate surface area is 139 Å². The minimum Gasteiger partial charge on any atom is -0.339 e. The lowest BCUT2D eigenvalue weighted by Gasteiger charge is -2.13. The largest absolute Gasteiger partial charge is 0.339 e. The molecule has 1 aromatic carbocycles. The third-order valence-electron chi connectivity index (χ3n) is 3.75. The number of sulfonamides is 1. The molecule has 2 N–H and O–H groups in total. The molecule has 0 saturated carbocycles. The highest BCUT2D eigenvalue weighted by atomic mass is 32.2. The average Bonchev–Trinajstić information content (AvgIpc) is 3.18. The Kier molecular flexibility index (Phi) is 4.22. The molecule has 0 fully saturated rings. The summed E-state index contributed by atoms with van der Waals surface area (Å²) in [6.07, 6.45) is 5.66. The van der Waals surface area contributed by atoms with Crippen LogP contribution in [-0.4, -0.2) is 33.4 Å². The number of carbonyl (C=O) groups is 1. The summed E-state index contributed by atoms with van der Waals surface area (Å²) in [5, 5.41) is 8.50. The first-order valence-electron chi connectivity index (χ1n) is 7.12. The van der Waals surface area contributed by atoms with E-state index in [1.54, 1.807) is 23.8 Å². The fourth-order valence-corrected chi connectivity index (χ4v) is 3.88. The predicted molar refractivity (Wildman–Crippen MR) is 85.0 cm³/mol. The van der Waals surface area contributed by atoms with Crippen LogP contribution in [0.2, 0.25) is 0 Å². The number of rotatable bonds is 4. The van der Waals surface area contributed by atoms with Gasteiger partial charge in [0.05, 0.1) is 6.33 Å². The Balaban J connectivity index is 1.82. The van der Waals surface area contributed by atoms with Crippen LogP contribution in [0.25, 0.3) is 6.08 Å². The van der Waals surface area contributed by atoms with Crippen molar-refractivity contribution in [3.05, 3.63) is 53.5 Å². The summed E-state index contributed by atoms with van der Waals surface area (Å²) < 4.78 is 28.2. The minimum atomic E-state index is -3.64. The molecule has 0 atom stereocenters. The molecule has 0 unspecified atom stereocenters. The summed E-state index contributed by atoms with van der Waals surface area (Å²) in [5.41, 5.74) is 4.05. The van der Waals surface area contributed by atoms with Gasteiger partial charge in [0.2, 0.25) is 0 Å². The maximum Gasteiger partial charge on any atom is 0.267 e. The van der Waals surface area contributed by atoms with Gasteiger partial charge in [-0.2, -0.15) is 4.31 Å². The summed E-state index contributed by atoms with van der Waals surface area (Å²) in [5.74, 6) is -0.630. The van der Waals surface area contributed by atoms with Crippen LogP contribution >= 0.6 is 0 Å². The van der Waals surface area contributed by atoms with Gasteiger partial charge in [-0.05, 0) is 22.8 Å². The Morgan fingerprint density at radius 3 is 2.75 bits per heavy atom. The lowest BCUT2D eigenvalue weighted by molar-refractivity contribution is -0.124. The number of carbonyl (C=O) groups excluding carboxylic acids is 1. The van der Waals surface area contributed by atoms with Gasteiger partial charge in [-0.1, -0.05) is 18.2 Å². The highest BCUT2D eigenvalue weighted by molar-refractivity contribution is 7.89. The average molecular weight is 348 g/mol. The number of aryl methyl sites for hydroxylation is 1. The van der Waals surface area contributed by atoms with E-state index in [0.717, 1.165) is 16.7 Å². The zero-order valence-electron chi connectivity index (χ0n) is 12.9. The highest BCUT2D eigenvalue weighted by Gasteiger charge is 2.32. The van der Waals surface area contributed by atoms with E-state index in [4.69, 9.17) is 5.21 Å². The fraction of sp³-hybridized carbons (Fsp3) is 0.200. The Bertz CT molecular complexity index is 917. The number of imidazole rings is 1. The van der Waals surface area contributed by atoms with Gasteiger partial charge in [0.15, 0.2) is 5.03 Å². The monoisotopic (exact) mass is 348 g/mol. The molecule has 0 radical (unpaired) electrons. The van der Waals surface area contributed by atoms with Crippen LogP contribution in [0.15, 0.2) is 41.8 Å². The third-order valence-corrected chi connectivity index (χ3v) is 5.42. The van der Waals surface area contributed by atoms with Crippen molar-refractivity contribution in [3.8, 4) is 0 Å². The summed E-state index contributed by atoms with van der Waals surface area (Å²) in [6, 6.07) is 5.45. The molecule has 0 bridgehead atoms. The topological polar surface area (TPSA) is 105 Å². The van der Waals surface area contributed by atoms with E-state index in [1.165, 1.54) is 28.4 Å². The van der Waals surface area contributed by atoms with Crippen molar-refractivity contribution in [1.29, 1.82) is 0 Å². The van der Waals surface area contributed by atoms with Crippen molar-refractivity contribution in [3.63, 3.8) is 0 Å². The zero-order valence-corrected chi connectivity index (χ0v) is 13.7. The molecular formula is C15H16N4O4S. The van der Waals surface area contributed by atoms with Crippen molar-refractivity contribution >= 4 is 22.0 Å². The first-order chi connectivity index (χ1) is 11.4. The molecule has 0 aliphatic carbocycles. The number of nitrogens with zero attached hydrogens (tertiary/aromatic N) is 3. The number of amides is 1. The van der Waals surface area contributed by atoms with Crippen molar-refractivity contribution < 1.29 is 18.4 Å². The minimum absolute atomic E-state index is 0.0255. The number of benzene rings is 1. The van der Waals surface area contributed by atoms with Crippen LogP contribution in [-0.2, 0) is 35.0 Å². The molecule has 1 aliphatic heterocycles. The van der Waals surface area contributed by atoms with E-state index in [-0.39, 0.29) is 18.1 Å². The number of hydrogen-bond acceptors (Lipinski definition) is 5.